The lowest BCUT2D eigenvalue weighted by Gasteiger charge is -2.18. The van der Waals surface area contributed by atoms with Gasteiger partial charge in [0.25, 0.3) is 0 Å². The fraction of sp³-hybridized carbons (Fsp3) is 0.840. The third kappa shape index (κ3) is 23.8. The molecule has 0 aliphatic rings. The number of hydrogen-bond donors (Lipinski definition) is 8. The molecule has 12 heteroatoms. The van der Waals surface area contributed by atoms with Gasteiger partial charge >= 0.3 is 23.9 Å². The van der Waals surface area contributed by atoms with Gasteiger partial charge in [0, 0.05) is 13.1 Å². The lowest BCUT2D eigenvalue weighted by atomic mass is 10.1. The van der Waals surface area contributed by atoms with Crippen molar-refractivity contribution in [1.29, 1.82) is 0 Å². The minimum Gasteiger partial charge on any atom is -0.481 e. The van der Waals surface area contributed by atoms with Crippen LogP contribution < -0.4 is 21.3 Å². The Kier molecular flexibility index (Phi) is 22.6. The first-order chi connectivity index (χ1) is 17.7. The molecule has 0 amide bonds. The molecule has 0 bridgehead atoms. The second-order valence-corrected chi connectivity index (χ2v) is 9.30. The van der Waals surface area contributed by atoms with Gasteiger partial charge in [-0.05, 0) is 51.7 Å². The number of unbranched alkanes of at least 4 members (excludes halogenated alkanes) is 9. The number of carboxylic acid groups (broad SMARTS) is 4. The topological polar surface area (TPSA) is 197 Å². The normalized spacial score (nSPS) is 12.8. The number of aliphatic carboxylic acids is 4. The molecule has 0 aromatic carbocycles. The van der Waals surface area contributed by atoms with Gasteiger partial charge < -0.3 is 31.1 Å². The predicted octanol–water partition coefficient (Wildman–Crippen LogP) is 1.84. The van der Waals surface area contributed by atoms with Gasteiger partial charge in [-0.25, -0.2) is 0 Å². The van der Waals surface area contributed by atoms with Crippen LogP contribution in [0.4, 0.5) is 0 Å². The highest BCUT2D eigenvalue weighted by molar-refractivity contribution is 5.75. The standard InChI is InChI=1S/C25H48N4O8/c30-22(31)14-13-21(25(36)37)29-19-28-20(24(34)35)12-8-11-16-26-15-9-6-4-2-1-3-5-7-10-17-27-18-23(32)33/h20-21,26-29H,1-19H2,(H,30,31)(H,32,33)(H,34,35)(H,36,37). The molecule has 0 aliphatic carbocycles. The maximum Gasteiger partial charge on any atom is 0.320 e. The van der Waals surface area contributed by atoms with Crippen LogP contribution in [0.2, 0.25) is 0 Å². The third-order valence-corrected chi connectivity index (χ3v) is 6.02. The lowest BCUT2D eigenvalue weighted by molar-refractivity contribution is -0.141. The van der Waals surface area contributed by atoms with Gasteiger partial charge in [0.2, 0.25) is 0 Å². The summed E-state index contributed by atoms with van der Waals surface area (Å²) in [6, 6.07) is -1.84. The summed E-state index contributed by atoms with van der Waals surface area (Å²) < 4.78 is 0. The molecule has 0 rings (SSSR count). The summed E-state index contributed by atoms with van der Waals surface area (Å²) in [5, 5.41) is 47.4. The molecule has 2 atom stereocenters. The van der Waals surface area contributed by atoms with Crippen LogP contribution >= 0.6 is 0 Å². The third-order valence-electron chi connectivity index (χ3n) is 6.02. The smallest absolute Gasteiger partial charge is 0.320 e. The van der Waals surface area contributed by atoms with Crippen LogP contribution in [0.15, 0.2) is 0 Å². The first-order valence-corrected chi connectivity index (χ1v) is 13.5. The van der Waals surface area contributed by atoms with Gasteiger partial charge in [-0.1, -0.05) is 51.4 Å². The Morgan fingerprint density at radius 3 is 1.41 bits per heavy atom. The minimum atomic E-state index is -1.17. The van der Waals surface area contributed by atoms with Crippen molar-refractivity contribution in [3.8, 4) is 0 Å². The van der Waals surface area contributed by atoms with Crippen LogP contribution in [0.3, 0.4) is 0 Å². The maximum atomic E-state index is 11.4. The van der Waals surface area contributed by atoms with E-state index >= 15 is 0 Å². The molecule has 0 aromatic heterocycles. The number of carboxylic acids is 4. The van der Waals surface area contributed by atoms with E-state index in [-0.39, 0.29) is 26.1 Å². The van der Waals surface area contributed by atoms with Crippen LogP contribution in [0.25, 0.3) is 0 Å². The number of carbonyl (C=O) groups is 4. The zero-order valence-electron chi connectivity index (χ0n) is 22.0. The molecule has 12 nitrogen and oxygen atoms in total. The van der Waals surface area contributed by atoms with E-state index in [1.54, 1.807) is 0 Å². The highest BCUT2D eigenvalue weighted by Gasteiger charge is 2.20. The van der Waals surface area contributed by atoms with Gasteiger partial charge in [0.1, 0.15) is 12.1 Å². The molecule has 0 heterocycles. The fourth-order valence-electron chi connectivity index (χ4n) is 3.86. The van der Waals surface area contributed by atoms with Gasteiger partial charge in [-0.2, -0.15) is 0 Å². The maximum absolute atomic E-state index is 11.4. The van der Waals surface area contributed by atoms with Crippen molar-refractivity contribution in [3.05, 3.63) is 0 Å². The van der Waals surface area contributed by atoms with Crippen molar-refractivity contribution in [2.24, 2.45) is 0 Å². The Labute approximate surface area is 220 Å². The van der Waals surface area contributed by atoms with E-state index < -0.39 is 36.0 Å². The number of hydrogen-bond acceptors (Lipinski definition) is 8. The monoisotopic (exact) mass is 532 g/mol. The molecule has 8 N–H and O–H groups in total. The summed E-state index contributed by atoms with van der Waals surface area (Å²) >= 11 is 0. The molecule has 0 spiro atoms. The van der Waals surface area contributed by atoms with Gasteiger partial charge in [0.15, 0.2) is 0 Å². The van der Waals surface area contributed by atoms with Crippen molar-refractivity contribution in [2.75, 3.05) is 32.8 Å². The van der Waals surface area contributed by atoms with Crippen molar-refractivity contribution in [2.45, 2.75) is 102 Å². The Morgan fingerprint density at radius 2 is 0.946 bits per heavy atom. The van der Waals surface area contributed by atoms with E-state index in [4.69, 9.17) is 15.3 Å². The number of nitrogens with one attached hydrogen (secondary N) is 4. The second-order valence-electron chi connectivity index (χ2n) is 9.30. The van der Waals surface area contributed by atoms with E-state index in [0.29, 0.717) is 12.8 Å². The second kappa shape index (κ2) is 24.1. The number of rotatable bonds is 28. The van der Waals surface area contributed by atoms with Gasteiger partial charge in [0.05, 0.1) is 6.54 Å². The molecule has 2 unspecified atom stereocenters. The van der Waals surface area contributed by atoms with Crippen LogP contribution in [0, 0.1) is 0 Å². The van der Waals surface area contributed by atoms with Crippen molar-refractivity contribution >= 4 is 23.9 Å². The molecular weight excluding hydrogens is 484 g/mol. The summed E-state index contributed by atoms with van der Waals surface area (Å²) in [6.45, 7) is 2.54. The molecule has 37 heavy (non-hydrogen) atoms. The van der Waals surface area contributed by atoms with Gasteiger partial charge in [-0.15, -0.1) is 0 Å². The molecule has 216 valence electrons. The molecular formula is C25H48N4O8. The fourth-order valence-corrected chi connectivity index (χ4v) is 3.86. The molecule has 0 saturated heterocycles. The highest BCUT2D eigenvalue weighted by Crippen LogP contribution is 2.09. The first kappa shape index (κ1) is 34.7. The Balaban J connectivity index is 3.60. The van der Waals surface area contributed by atoms with E-state index in [9.17, 15) is 24.3 Å². The van der Waals surface area contributed by atoms with Crippen molar-refractivity contribution < 1.29 is 39.6 Å². The Hall–Kier alpha value is -2.28. The molecule has 0 radical (unpaired) electrons. The van der Waals surface area contributed by atoms with Crippen LogP contribution in [0.1, 0.15) is 89.9 Å². The lowest BCUT2D eigenvalue weighted by Crippen LogP contribution is -2.47. The highest BCUT2D eigenvalue weighted by atomic mass is 16.4. The van der Waals surface area contributed by atoms with Crippen molar-refractivity contribution in [3.63, 3.8) is 0 Å². The quantitative estimate of drug-likeness (QED) is 0.0538. The average Bonchev–Trinajstić information content (AvgIpc) is 2.83. The van der Waals surface area contributed by atoms with Crippen LogP contribution in [0.5, 0.6) is 0 Å². The zero-order valence-corrected chi connectivity index (χ0v) is 22.0. The Bertz CT molecular complexity index is 636. The zero-order chi connectivity index (χ0) is 27.7. The Morgan fingerprint density at radius 1 is 0.514 bits per heavy atom. The van der Waals surface area contributed by atoms with Crippen molar-refractivity contribution in [1.82, 2.24) is 21.3 Å². The van der Waals surface area contributed by atoms with Crippen LogP contribution in [-0.2, 0) is 19.2 Å². The van der Waals surface area contributed by atoms with E-state index in [0.717, 1.165) is 45.3 Å². The minimum absolute atomic E-state index is 0.0299. The van der Waals surface area contributed by atoms with Gasteiger partial charge in [-0.3, -0.25) is 29.8 Å². The SMILES string of the molecule is O=C(O)CCC(NCNC(CCCCNCCCCCCCCCCCNCC(=O)O)C(=O)O)C(=O)O. The van der Waals surface area contributed by atoms with Crippen LogP contribution in [-0.4, -0.2) is 89.2 Å². The summed E-state index contributed by atoms with van der Waals surface area (Å²) in [5.74, 6) is -4.06. The van der Waals surface area contributed by atoms with E-state index in [2.05, 4.69) is 21.3 Å². The van der Waals surface area contributed by atoms with E-state index in [1.807, 2.05) is 0 Å². The molecule has 0 aromatic rings. The first-order valence-electron chi connectivity index (χ1n) is 13.5. The van der Waals surface area contributed by atoms with E-state index in [1.165, 1.54) is 38.5 Å². The summed E-state index contributed by atoms with van der Waals surface area (Å²) in [4.78, 5) is 43.6. The summed E-state index contributed by atoms with van der Waals surface area (Å²) in [6.07, 6.45) is 12.2. The summed E-state index contributed by atoms with van der Waals surface area (Å²) in [7, 11) is 0. The molecule has 0 fully saturated rings. The average molecular weight is 533 g/mol. The summed E-state index contributed by atoms with van der Waals surface area (Å²) in [5.41, 5.74) is 0. The molecule has 0 aliphatic heterocycles. The predicted molar refractivity (Wildman–Crippen MR) is 140 cm³/mol. The molecule has 0 saturated carbocycles. The largest absolute Gasteiger partial charge is 0.481 e.